The molecule has 1 fully saturated rings. The van der Waals surface area contributed by atoms with Gasteiger partial charge in [0.1, 0.15) is 5.60 Å². The molecule has 1 aliphatic heterocycles. The molecule has 0 spiro atoms. The number of hydrogen-bond acceptors (Lipinski definition) is 4. The van der Waals surface area contributed by atoms with E-state index in [1.807, 2.05) is 41.5 Å². The summed E-state index contributed by atoms with van der Waals surface area (Å²) in [5.74, 6) is 0. The molecule has 1 N–H and O–H groups in total. The molecule has 0 radical (unpaired) electrons. The van der Waals surface area contributed by atoms with Gasteiger partial charge in [0.05, 0.1) is 6.61 Å². The Balaban J connectivity index is 2.73. The summed E-state index contributed by atoms with van der Waals surface area (Å²) in [6.07, 6.45) is 1.83. The molecule has 0 aromatic rings. The molecule has 0 aromatic heterocycles. The van der Waals surface area contributed by atoms with Crippen molar-refractivity contribution >= 4 is 6.09 Å². The molecule has 1 atom stereocenters. The van der Waals surface area contributed by atoms with Crippen molar-refractivity contribution in [2.45, 2.75) is 78.0 Å². The molecule has 130 valence electrons. The van der Waals surface area contributed by atoms with Gasteiger partial charge in [0.2, 0.25) is 0 Å². The van der Waals surface area contributed by atoms with E-state index in [0.717, 1.165) is 25.9 Å². The van der Waals surface area contributed by atoms with Gasteiger partial charge in [0, 0.05) is 24.2 Å². The third-order valence-corrected chi connectivity index (χ3v) is 4.26. The molecule has 0 bridgehead atoms. The van der Waals surface area contributed by atoms with Crippen molar-refractivity contribution in [3.05, 3.63) is 0 Å². The van der Waals surface area contributed by atoms with Crippen molar-refractivity contribution in [2.75, 3.05) is 26.2 Å². The Morgan fingerprint density at radius 1 is 1.27 bits per heavy atom. The number of aliphatic hydroxyl groups excluding tert-OH is 1. The average Bonchev–Trinajstić information content (AvgIpc) is 2.68. The third-order valence-electron chi connectivity index (χ3n) is 4.26. The lowest BCUT2D eigenvalue weighted by Gasteiger charge is -2.40. The van der Waals surface area contributed by atoms with Gasteiger partial charge in [-0.1, -0.05) is 0 Å². The summed E-state index contributed by atoms with van der Waals surface area (Å²) in [6, 6.07) is 0. The van der Waals surface area contributed by atoms with E-state index in [0.29, 0.717) is 6.54 Å². The van der Waals surface area contributed by atoms with E-state index < -0.39 is 5.60 Å². The molecule has 1 amide bonds. The Kier molecular flexibility index (Phi) is 5.90. The van der Waals surface area contributed by atoms with Crippen LogP contribution in [-0.2, 0) is 4.74 Å². The van der Waals surface area contributed by atoms with Crippen LogP contribution in [-0.4, -0.2) is 63.9 Å². The van der Waals surface area contributed by atoms with Crippen molar-refractivity contribution in [1.29, 1.82) is 0 Å². The molecule has 1 saturated heterocycles. The minimum atomic E-state index is -0.492. The van der Waals surface area contributed by atoms with Crippen molar-refractivity contribution in [3.8, 4) is 0 Å². The number of nitrogens with zero attached hydrogens (tertiary/aromatic N) is 2. The molecule has 0 saturated carbocycles. The van der Waals surface area contributed by atoms with E-state index in [1.54, 1.807) is 4.90 Å². The molecule has 5 nitrogen and oxygen atoms in total. The number of carbonyl (C=O) groups is 1. The van der Waals surface area contributed by atoms with E-state index in [2.05, 4.69) is 11.8 Å². The fourth-order valence-electron chi connectivity index (χ4n) is 2.88. The van der Waals surface area contributed by atoms with Gasteiger partial charge in [0.25, 0.3) is 0 Å². The van der Waals surface area contributed by atoms with Crippen LogP contribution in [0.25, 0.3) is 0 Å². The molecule has 1 aliphatic rings. The highest BCUT2D eigenvalue weighted by molar-refractivity contribution is 5.69. The molecule has 0 unspecified atom stereocenters. The second-order valence-corrected chi connectivity index (χ2v) is 8.55. The van der Waals surface area contributed by atoms with Crippen LogP contribution in [0.2, 0.25) is 0 Å². The Labute approximate surface area is 135 Å². The summed E-state index contributed by atoms with van der Waals surface area (Å²) in [6.45, 7) is 16.3. The number of ether oxygens (including phenoxy) is 1. The second-order valence-electron chi connectivity index (χ2n) is 8.55. The van der Waals surface area contributed by atoms with Crippen LogP contribution in [0.5, 0.6) is 0 Å². The van der Waals surface area contributed by atoms with Crippen LogP contribution in [0.3, 0.4) is 0 Å². The maximum atomic E-state index is 12.5. The quantitative estimate of drug-likeness (QED) is 0.867. The van der Waals surface area contributed by atoms with Crippen molar-refractivity contribution < 1.29 is 14.6 Å². The highest BCUT2D eigenvalue weighted by Crippen LogP contribution is 2.28. The molecule has 1 heterocycles. The lowest BCUT2D eigenvalue weighted by Crippen LogP contribution is -2.53. The molecular formula is C17H34N2O3. The first-order valence-electron chi connectivity index (χ1n) is 8.26. The lowest BCUT2D eigenvalue weighted by molar-refractivity contribution is -0.000818. The monoisotopic (exact) mass is 314 g/mol. The fourth-order valence-corrected chi connectivity index (χ4v) is 2.88. The van der Waals surface area contributed by atoms with Gasteiger partial charge in [-0.15, -0.1) is 0 Å². The summed E-state index contributed by atoms with van der Waals surface area (Å²) in [5, 5.41) is 9.64. The highest BCUT2D eigenvalue weighted by atomic mass is 16.6. The van der Waals surface area contributed by atoms with Crippen LogP contribution >= 0.6 is 0 Å². The average molecular weight is 314 g/mol. The molecule has 5 heteroatoms. The maximum Gasteiger partial charge on any atom is 0.410 e. The van der Waals surface area contributed by atoms with Gasteiger partial charge in [0.15, 0.2) is 0 Å². The number of hydrogen-bond donors (Lipinski definition) is 1. The van der Waals surface area contributed by atoms with Crippen molar-refractivity contribution in [3.63, 3.8) is 0 Å². The van der Waals surface area contributed by atoms with Crippen LogP contribution in [0.15, 0.2) is 0 Å². The Morgan fingerprint density at radius 3 is 2.32 bits per heavy atom. The number of carbonyl (C=O) groups excluding carboxylic acids is 1. The molecule has 22 heavy (non-hydrogen) atoms. The van der Waals surface area contributed by atoms with E-state index in [1.165, 1.54) is 0 Å². The summed E-state index contributed by atoms with van der Waals surface area (Å²) >= 11 is 0. The van der Waals surface area contributed by atoms with Crippen LogP contribution in [0, 0.1) is 0 Å². The van der Waals surface area contributed by atoms with Gasteiger partial charge >= 0.3 is 6.09 Å². The predicted molar refractivity (Wildman–Crippen MR) is 89.0 cm³/mol. The van der Waals surface area contributed by atoms with Gasteiger partial charge in [-0.2, -0.15) is 0 Å². The van der Waals surface area contributed by atoms with Crippen molar-refractivity contribution in [2.24, 2.45) is 0 Å². The first-order valence-corrected chi connectivity index (χ1v) is 8.26. The second kappa shape index (κ2) is 6.75. The van der Waals surface area contributed by atoms with Crippen molar-refractivity contribution in [1.82, 2.24) is 9.80 Å². The SMILES string of the molecule is CC(C)(C)OC(=O)N(CCN1CCC[C@@]1(C)CO)C(C)(C)C. The van der Waals surface area contributed by atoms with Gasteiger partial charge < -0.3 is 14.7 Å². The topological polar surface area (TPSA) is 53.0 Å². The summed E-state index contributed by atoms with van der Waals surface area (Å²) in [7, 11) is 0. The number of amides is 1. The summed E-state index contributed by atoms with van der Waals surface area (Å²) < 4.78 is 5.54. The highest BCUT2D eigenvalue weighted by Gasteiger charge is 2.37. The van der Waals surface area contributed by atoms with E-state index >= 15 is 0 Å². The lowest BCUT2D eigenvalue weighted by atomic mass is 10.0. The zero-order valence-corrected chi connectivity index (χ0v) is 15.4. The third kappa shape index (κ3) is 5.13. The zero-order chi connectivity index (χ0) is 17.2. The fraction of sp³-hybridized carbons (Fsp3) is 0.941. The zero-order valence-electron chi connectivity index (χ0n) is 15.4. The number of likely N-dealkylation sites (tertiary alicyclic amines) is 1. The smallest absolute Gasteiger partial charge is 0.410 e. The standard InChI is InChI=1S/C17H34N2O3/c1-15(2,3)19(14(21)22-16(4,5)6)12-11-18-10-8-9-17(18,7)13-20/h20H,8-13H2,1-7H3/t17-/m0/s1. The summed E-state index contributed by atoms with van der Waals surface area (Å²) in [5.41, 5.74) is -0.941. The summed E-state index contributed by atoms with van der Waals surface area (Å²) in [4.78, 5) is 16.6. The van der Waals surface area contributed by atoms with E-state index in [-0.39, 0.29) is 23.8 Å². The van der Waals surface area contributed by atoms with Crippen LogP contribution in [0.1, 0.15) is 61.3 Å². The van der Waals surface area contributed by atoms with E-state index in [9.17, 15) is 9.90 Å². The Morgan fingerprint density at radius 2 is 1.86 bits per heavy atom. The van der Waals surface area contributed by atoms with E-state index in [4.69, 9.17) is 4.74 Å². The Hall–Kier alpha value is -0.810. The van der Waals surface area contributed by atoms with Crippen LogP contribution < -0.4 is 0 Å². The Bertz CT molecular complexity index is 384. The first kappa shape index (κ1) is 19.2. The maximum absolute atomic E-state index is 12.5. The largest absolute Gasteiger partial charge is 0.444 e. The molecule has 1 rings (SSSR count). The molecule has 0 aliphatic carbocycles. The van der Waals surface area contributed by atoms with Gasteiger partial charge in [-0.25, -0.2) is 4.79 Å². The van der Waals surface area contributed by atoms with Gasteiger partial charge in [-0.05, 0) is 67.9 Å². The van der Waals surface area contributed by atoms with Crippen LogP contribution in [0.4, 0.5) is 4.79 Å². The number of rotatable bonds is 4. The van der Waals surface area contributed by atoms with Gasteiger partial charge in [-0.3, -0.25) is 4.90 Å². The minimum Gasteiger partial charge on any atom is -0.444 e. The predicted octanol–water partition coefficient (Wildman–Crippen LogP) is 2.87. The molecular weight excluding hydrogens is 280 g/mol. The minimum absolute atomic E-state index is 0.155. The normalized spacial score (nSPS) is 23.6. The molecule has 0 aromatic carbocycles. The first-order chi connectivity index (χ1) is 9.89. The number of aliphatic hydroxyl groups is 1.